The molecule has 6 heteroatoms. The Hall–Kier alpha value is -2.76. The lowest BCUT2D eigenvalue weighted by atomic mass is 9.84. The van der Waals surface area contributed by atoms with Gasteiger partial charge >= 0.3 is 0 Å². The second kappa shape index (κ2) is 8.95. The average Bonchev–Trinajstić information content (AvgIpc) is 2.68. The fourth-order valence-corrected chi connectivity index (χ4v) is 3.75. The van der Waals surface area contributed by atoms with E-state index in [0.29, 0.717) is 24.9 Å². The molecule has 0 radical (unpaired) electrons. The van der Waals surface area contributed by atoms with Gasteiger partial charge in [-0.15, -0.1) is 0 Å². The van der Waals surface area contributed by atoms with Gasteiger partial charge < -0.3 is 10.2 Å². The normalized spacial score (nSPS) is 19.5. The van der Waals surface area contributed by atoms with Crippen molar-refractivity contribution in [2.24, 2.45) is 5.92 Å². The van der Waals surface area contributed by atoms with Crippen LogP contribution < -0.4 is 5.32 Å². The fraction of sp³-hybridized carbons (Fsp3) is 0.364. The summed E-state index contributed by atoms with van der Waals surface area (Å²) in [7, 11) is 1.66. The monoisotopic (exact) mass is 386 g/mol. The highest BCUT2D eigenvalue weighted by molar-refractivity contribution is 5.84. The van der Waals surface area contributed by atoms with Crippen LogP contribution in [0.4, 0.5) is 8.78 Å². The highest BCUT2D eigenvalue weighted by atomic mass is 19.1. The van der Waals surface area contributed by atoms with E-state index >= 15 is 0 Å². The first-order valence-corrected chi connectivity index (χ1v) is 9.49. The molecule has 2 amide bonds. The number of likely N-dealkylation sites (tertiary alicyclic amines) is 1. The van der Waals surface area contributed by atoms with Crippen molar-refractivity contribution in [3.63, 3.8) is 0 Å². The van der Waals surface area contributed by atoms with Crippen molar-refractivity contribution in [3.8, 4) is 0 Å². The number of aryl methyl sites for hydroxylation is 1. The molecule has 0 saturated carbocycles. The third-order valence-electron chi connectivity index (χ3n) is 5.24. The van der Waals surface area contributed by atoms with Gasteiger partial charge in [0.15, 0.2) is 0 Å². The SMILES string of the molecule is CN1C(=O)CC[C@@H](C(=O)NCCCc2ccc(F)cc2)[C@@H]1c1cccc(F)c1. The lowest BCUT2D eigenvalue weighted by Crippen LogP contribution is -2.46. The number of nitrogens with one attached hydrogen (secondary N) is 1. The fourth-order valence-electron chi connectivity index (χ4n) is 3.75. The number of nitrogens with zero attached hydrogens (tertiary/aromatic N) is 1. The van der Waals surface area contributed by atoms with Crippen molar-refractivity contribution in [1.29, 1.82) is 0 Å². The highest BCUT2D eigenvalue weighted by Gasteiger charge is 2.38. The van der Waals surface area contributed by atoms with E-state index < -0.39 is 12.0 Å². The first-order chi connectivity index (χ1) is 13.5. The minimum absolute atomic E-state index is 0.0466. The van der Waals surface area contributed by atoms with Gasteiger partial charge in [-0.2, -0.15) is 0 Å². The zero-order chi connectivity index (χ0) is 20.1. The smallest absolute Gasteiger partial charge is 0.225 e. The molecule has 2 aromatic carbocycles. The molecule has 2 aromatic rings. The molecule has 1 fully saturated rings. The van der Waals surface area contributed by atoms with Crippen molar-refractivity contribution in [2.45, 2.75) is 31.7 Å². The van der Waals surface area contributed by atoms with Crippen molar-refractivity contribution in [1.82, 2.24) is 10.2 Å². The Bertz CT molecular complexity index is 839. The number of hydrogen-bond donors (Lipinski definition) is 1. The summed E-state index contributed by atoms with van der Waals surface area (Å²) >= 11 is 0. The maximum Gasteiger partial charge on any atom is 0.225 e. The van der Waals surface area contributed by atoms with Gasteiger partial charge in [-0.25, -0.2) is 8.78 Å². The van der Waals surface area contributed by atoms with Crippen LogP contribution in [0, 0.1) is 17.6 Å². The van der Waals surface area contributed by atoms with Crippen molar-refractivity contribution in [3.05, 3.63) is 71.3 Å². The van der Waals surface area contributed by atoms with E-state index in [1.165, 1.54) is 24.3 Å². The molecule has 1 saturated heterocycles. The largest absolute Gasteiger partial charge is 0.356 e. The summed E-state index contributed by atoms with van der Waals surface area (Å²) in [5.41, 5.74) is 1.64. The molecule has 28 heavy (non-hydrogen) atoms. The van der Waals surface area contributed by atoms with Crippen LogP contribution in [0.5, 0.6) is 0 Å². The molecule has 1 aliphatic heterocycles. The van der Waals surface area contributed by atoms with Crippen LogP contribution in [-0.2, 0) is 16.0 Å². The Balaban J connectivity index is 1.61. The van der Waals surface area contributed by atoms with Gasteiger partial charge in [-0.1, -0.05) is 24.3 Å². The third-order valence-corrected chi connectivity index (χ3v) is 5.24. The summed E-state index contributed by atoms with van der Waals surface area (Å²) in [6, 6.07) is 11.9. The summed E-state index contributed by atoms with van der Waals surface area (Å²) in [5, 5.41) is 2.94. The van der Waals surface area contributed by atoms with E-state index in [9.17, 15) is 18.4 Å². The van der Waals surface area contributed by atoms with Crippen molar-refractivity contribution < 1.29 is 18.4 Å². The average molecular weight is 386 g/mol. The number of carbonyl (C=O) groups excluding carboxylic acids is 2. The van der Waals surface area contributed by atoms with Crippen LogP contribution in [-0.4, -0.2) is 30.3 Å². The Morgan fingerprint density at radius 2 is 1.89 bits per heavy atom. The van der Waals surface area contributed by atoms with Crippen LogP contribution in [0.25, 0.3) is 0 Å². The number of piperidine rings is 1. The number of rotatable bonds is 6. The summed E-state index contributed by atoms with van der Waals surface area (Å²) in [4.78, 5) is 26.5. The quantitative estimate of drug-likeness (QED) is 0.771. The molecule has 148 valence electrons. The van der Waals surface area contributed by atoms with E-state index in [4.69, 9.17) is 0 Å². The molecule has 1 aliphatic rings. The number of hydrogen-bond acceptors (Lipinski definition) is 2. The maximum atomic E-state index is 13.7. The molecule has 0 aliphatic carbocycles. The number of carbonyl (C=O) groups is 2. The Morgan fingerprint density at radius 1 is 1.14 bits per heavy atom. The number of halogens is 2. The van der Waals surface area contributed by atoms with Gasteiger partial charge in [-0.3, -0.25) is 9.59 Å². The minimum Gasteiger partial charge on any atom is -0.356 e. The summed E-state index contributed by atoms with van der Waals surface area (Å²) < 4.78 is 26.6. The first kappa shape index (κ1) is 20.0. The van der Waals surface area contributed by atoms with Crippen molar-refractivity contribution in [2.75, 3.05) is 13.6 Å². The Morgan fingerprint density at radius 3 is 2.61 bits per heavy atom. The number of amides is 2. The third kappa shape index (κ3) is 4.74. The van der Waals surface area contributed by atoms with E-state index in [2.05, 4.69) is 5.32 Å². The van der Waals surface area contributed by atoms with E-state index in [1.54, 1.807) is 36.2 Å². The Labute approximate surface area is 163 Å². The zero-order valence-corrected chi connectivity index (χ0v) is 15.8. The topological polar surface area (TPSA) is 49.4 Å². The molecule has 4 nitrogen and oxygen atoms in total. The van der Waals surface area contributed by atoms with Gasteiger partial charge in [0.25, 0.3) is 0 Å². The van der Waals surface area contributed by atoms with Crippen LogP contribution in [0.1, 0.15) is 36.4 Å². The zero-order valence-electron chi connectivity index (χ0n) is 15.8. The van der Waals surface area contributed by atoms with Gasteiger partial charge in [0.2, 0.25) is 11.8 Å². The predicted octanol–water partition coefficient (Wildman–Crippen LogP) is 3.62. The summed E-state index contributed by atoms with van der Waals surface area (Å²) in [5.74, 6) is -1.25. The summed E-state index contributed by atoms with van der Waals surface area (Å²) in [6.07, 6.45) is 2.20. The predicted molar refractivity (Wildman–Crippen MR) is 102 cm³/mol. The standard InChI is InChI=1S/C22H24F2N2O2/c1-26-20(27)12-11-19(21(26)16-5-2-6-18(24)14-16)22(28)25-13-3-4-15-7-9-17(23)10-8-15/h2,5-10,14,19,21H,3-4,11-13H2,1H3,(H,25,28)/t19-,21+/m1/s1. The molecular weight excluding hydrogens is 362 g/mol. The lowest BCUT2D eigenvalue weighted by molar-refractivity contribution is -0.141. The van der Waals surface area contributed by atoms with Crippen LogP contribution >= 0.6 is 0 Å². The molecular formula is C22H24F2N2O2. The second-order valence-corrected chi connectivity index (χ2v) is 7.17. The molecule has 0 spiro atoms. The maximum absolute atomic E-state index is 13.7. The van der Waals surface area contributed by atoms with Gasteiger partial charge in [0.05, 0.1) is 12.0 Å². The van der Waals surface area contributed by atoms with Crippen LogP contribution in [0.3, 0.4) is 0 Å². The lowest BCUT2D eigenvalue weighted by Gasteiger charge is -2.38. The van der Waals surface area contributed by atoms with E-state index in [0.717, 1.165) is 18.4 Å². The van der Waals surface area contributed by atoms with Gasteiger partial charge in [-0.05, 0) is 54.7 Å². The van der Waals surface area contributed by atoms with E-state index in [1.807, 2.05) is 0 Å². The van der Waals surface area contributed by atoms with Crippen LogP contribution in [0.2, 0.25) is 0 Å². The highest BCUT2D eigenvalue weighted by Crippen LogP contribution is 2.36. The molecule has 2 atom stereocenters. The second-order valence-electron chi connectivity index (χ2n) is 7.17. The molecule has 0 unspecified atom stereocenters. The first-order valence-electron chi connectivity index (χ1n) is 9.49. The van der Waals surface area contributed by atoms with Crippen LogP contribution in [0.15, 0.2) is 48.5 Å². The minimum atomic E-state index is -0.478. The summed E-state index contributed by atoms with van der Waals surface area (Å²) in [6.45, 7) is 0.486. The van der Waals surface area contributed by atoms with Crippen molar-refractivity contribution >= 4 is 11.8 Å². The van der Waals surface area contributed by atoms with E-state index in [-0.39, 0.29) is 23.4 Å². The Kier molecular flexibility index (Phi) is 6.39. The number of benzene rings is 2. The van der Waals surface area contributed by atoms with Gasteiger partial charge in [0, 0.05) is 20.0 Å². The van der Waals surface area contributed by atoms with Gasteiger partial charge in [0.1, 0.15) is 11.6 Å². The molecule has 1 heterocycles. The molecule has 3 rings (SSSR count). The molecule has 1 N–H and O–H groups in total. The molecule has 0 aromatic heterocycles. The molecule has 0 bridgehead atoms.